The van der Waals surface area contributed by atoms with Crippen LogP contribution in [0.3, 0.4) is 0 Å². The highest BCUT2D eigenvalue weighted by atomic mass is 16.4. The second-order valence-corrected chi connectivity index (χ2v) is 3.06. The molecule has 1 aromatic rings. The highest BCUT2D eigenvalue weighted by Crippen LogP contribution is 1.89. The number of nitrogens with one attached hydrogen (secondary N) is 1. The third-order valence-corrected chi connectivity index (χ3v) is 1.88. The van der Waals surface area contributed by atoms with Crippen LogP contribution in [0.4, 0.5) is 0 Å². The van der Waals surface area contributed by atoms with Crippen LogP contribution in [0.5, 0.6) is 0 Å². The molecule has 0 amide bonds. The Morgan fingerprint density at radius 2 is 2.47 bits per heavy atom. The lowest BCUT2D eigenvalue weighted by Gasteiger charge is -2.01. The van der Waals surface area contributed by atoms with Crippen molar-refractivity contribution in [1.29, 1.82) is 0 Å². The normalized spacial score (nSPS) is 11.7. The molecule has 0 saturated carbocycles. The van der Waals surface area contributed by atoms with Gasteiger partial charge in [-0.15, -0.1) is 5.10 Å². The summed E-state index contributed by atoms with van der Waals surface area (Å²) in [5, 5.41) is 19.1. The van der Waals surface area contributed by atoms with E-state index in [-0.39, 0.29) is 0 Å². The minimum absolute atomic E-state index is 0.350. The van der Waals surface area contributed by atoms with Gasteiger partial charge in [-0.05, 0) is 6.92 Å². The number of hydrogen-bond acceptors (Lipinski definition) is 4. The summed E-state index contributed by atoms with van der Waals surface area (Å²) in [4.78, 5) is 10.4. The summed E-state index contributed by atoms with van der Waals surface area (Å²) in [5.41, 5.74) is 0.350. The molecule has 6 heteroatoms. The van der Waals surface area contributed by atoms with E-state index >= 15 is 0 Å². The van der Waals surface area contributed by atoms with Gasteiger partial charge in [-0.2, -0.15) is 0 Å². The Labute approximate surface area is 87.6 Å². The Hall–Kier alpha value is -1.69. The molecule has 0 spiro atoms. The van der Waals surface area contributed by atoms with Gasteiger partial charge in [0, 0.05) is 24.9 Å². The first kappa shape index (κ1) is 11.4. The van der Waals surface area contributed by atoms with Crippen LogP contribution in [0.15, 0.2) is 24.0 Å². The third-order valence-electron chi connectivity index (χ3n) is 1.88. The number of rotatable bonds is 6. The fourth-order valence-corrected chi connectivity index (χ4v) is 0.960. The van der Waals surface area contributed by atoms with Crippen molar-refractivity contribution in [3.63, 3.8) is 0 Å². The molecule has 82 valence electrons. The fraction of sp³-hybridized carbons (Fsp3) is 0.444. The molecule has 6 nitrogen and oxygen atoms in total. The Bertz CT molecular complexity index is 332. The molecule has 2 N–H and O–H groups in total. The van der Waals surface area contributed by atoms with E-state index in [4.69, 9.17) is 5.11 Å². The summed E-state index contributed by atoms with van der Waals surface area (Å²) in [5.74, 6) is -0.881. The maximum atomic E-state index is 10.4. The van der Waals surface area contributed by atoms with E-state index in [0.717, 1.165) is 13.1 Å². The number of hydrogen-bond donors (Lipinski definition) is 2. The lowest BCUT2D eigenvalue weighted by molar-refractivity contribution is -0.132. The molecular weight excluding hydrogens is 196 g/mol. The average Bonchev–Trinajstić information content (AvgIpc) is 2.69. The first-order valence-electron chi connectivity index (χ1n) is 4.65. The van der Waals surface area contributed by atoms with Crippen LogP contribution in [-0.4, -0.2) is 39.2 Å². The second kappa shape index (κ2) is 5.92. The lowest BCUT2D eigenvalue weighted by Crippen LogP contribution is -2.20. The number of aliphatic carboxylic acids is 1. The van der Waals surface area contributed by atoms with Crippen LogP contribution in [0.25, 0.3) is 0 Å². The van der Waals surface area contributed by atoms with Gasteiger partial charge >= 0.3 is 5.97 Å². The van der Waals surface area contributed by atoms with E-state index < -0.39 is 5.97 Å². The Kier molecular flexibility index (Phi) is 4.49. The van der Waals surface area contributed by atoms with E-state index in [9.17, 15) is 4.79 Å². The van der Waals surface area contributed by atoms with Crippen molar-refractivity contribution >= 4 is 5.97 Å². The largest absolute Gasteiger partial charge is 0.478 e. The van der Waals surface area contributed by atoms with Crippen LogP contribution in [-0.2, 0) is 11.3 Å². The lowest BCUT2D eigenvalue weighted by atomic mass is 10.3. The SMILES string of the molecule is C/C(=C/CNCCn1ccnn1)C(=O)O. The standard InChI is InChI=1S/C9H14N4O2/c1-8(9(14)15)2-3-10-4-6-13-7-5-11-12-13/h2,5,7,10H,3-4,6H2,1H3,(H,14,15)/b8-2-. The van der Waals surface area contributed by atoms with Crippen LogP contribution < -0.4 is 5.32 Å². The third kappa shape index (κ3) is 4.37. The molecule has 0 aromatic carbocycles. The smallest absolute Gasteiger partial charge is 0.330 e. The Balaban J connectivity index is 2.12. The van der Waals surface area contributed by atoms with E-state index in [0.29, 0.717) is 12.1 Å². The van der Waals surface area contributed by atoms with Crippen LogP contribution in [0.2, 0.25) is 0 Å². The van der Waals surface area contributed by atoms with Gasteiger partial charge in [0.15, 0.2) is 0 Å². The zero-order valence-electron chi connectivity index (χ0n) is 8.55. The fourth-order valence-electron chi connectivity index (χ4n) is 0.960. The summed E-state index contributed by atoms with van der Waals surface area (Å²) in [6, 6.07) is 0. The zero-order chi connectivity index (χ0) is 11.1. The van der Waals surface area contributed by atoms with Gasteiger partial charge in [-0.3, -0.25) is 4.68 Å². The maximum absolute atomic E-state index is 10.4. The first-order chi connectivity index (χ1) is 7.20. The number of aromatic nitrogens is 3. The summed E-state index contributed by atoms with van der Waals surface area (Å²) in [6.45, 7) is 3.57. The number of carboxylic acid groups (broad SMARTS) is 1. The number of carbonyl (C=O) groups is 1. The van der Waals surface area contributed by atoms with Gasteiger partial charge in [0.2, 0.25) is 0 Å². The molecule has 0 saturated heterocycles. The van der Waals surface area contributed by atoms with Gasteiger partial charge in [0.25, 0.3) is 0 Å². The molecule has 0 fully saturated rings. The zero-order valence-corrected chi connectivity index (χ0v) is 8.55. The van der Waals surface area contributed by atoms with Gasteiger partial charge in [0.1, 0.15) is 0 Å². The molecule has 1 heterocycles. The number of nitrogens with zero attached hydrogens (tertiary/aromatic N) is 3. The summed E-state index contributed by atoms with van der Waals surface area (Å²) < 4.78 is 1.71. The Morgan fingerprint density at radius 1 is 1.67 bits per heavy atom. The van der Waals surface area contributed by atoms with Gasteiger partial charge in [-0.25, -0.2) is 4.79 Å². The van der Waals surface area contributed by atoms with Crippen molar-refractivity contribution in [2.75, 3.05) is 13.1 Å². The molecule has 1 aromatic heterocycles. The predicted molar refractivity (Wildman–Crippen MR) is 54.3 cm³/mol. The monoisotopic (exact) mass is 210 g/mol. The van der Waals surface area contributed by atoms with Crippen LogP contribution >= 0.6 is 0 Å². The van der Waals surface area contributed by atoms with E-state index in [1.165, 1.54) is 0 Å². The Morgan fingerprint density at radius 3 is 3.07 bits per heavy atom. The quantitative estimate of drug-likeness (QED) is 0.506. The minimum Gasteiger partial charge on any atom is -0.478 e. The highest BCUT2D eigenvalue weighted by Gasteiger charge is 1.97. The van der Waals surface area contributed by atoms with Gasteiger partial charge in [0.05, 0.1) is 12.7 Å². The molecular formula is C9H14N4O2. The van der Waals surface area contributed by atoms with Gasteiger partial charge in [-0.1, -0.05) is 11.3 Å². The highest BCUT2D eigenvalue weighted by molar-refractivity contribution is 5.85. The van der Waals surface area contributed by atoms with Crippen molar-refractivity contribution in [2.24, 2.45) is 0 Å². The topological polar surface area (TPSA) is 80.0 Å². The molecule has 0 aliphatic heterocycles. The second-order valence-electron chi connectivity index (χ2n) is 3.06. The maximum Gasteiger partial charge on any atom is 0.330 e. The van der Waals surface area contributed by atoms with Crippen LogP contribution in [0.1, 0.15) is 6.92 Å². The molecule has 0 unspecified atom stereocenters. The predicted octanol–water partition coefficient (Wildman–Crippen LogP) is -0.101. The van der Waals surface area contributed by atoms with Crippen molar-refractivity contribution < 1.29 is 9.90 Å². The molecule has 0 aliphatic rings. The van der Waals surface area contributed by atoms with E-state index in [1.54, 1.807) is 30.1 Å². The van der Waals surface area contributed by atoms with Gasteiger partial charge < -0.3 is 10.4 Å². The van der Waals surface area contributed by atoms with Crippen LogP contribution in [0, 0.1) is 0 Å². The van der Waals surface area contributed by atoms with Crippen molar-refractivity contribution in [3.8, 4) is 0 Å². The van der Waals surface area contributed by atoms with Crippen molar-refractivity contribution in [3.05, 3.63) is 24.0 Å². The molecule has 0 aliphatic carbocycles. The molecule has 0 atom stereocenters. The summed E-state index contributed by atoms with van der Waals surface area (Å²) in [7, 11) is 0. The first-order valence-corrected chi connectivity index (χ1v) is 4.65. The van der Waals surface area contributed by atoms with E-state index in [2.05, 4.69) is 15.6 Å². The molecule has 0 bridgehead atoms. The van der Waals surface area contributed by atoms with Crippen molar-refractivity contribution in [1.82, 2.24) is 20.3 Å². The van der Waals surface area contributed by atoms with Crippen molar-refractivity contribution in [2.45, 2.75) is 13.5 Å². The number of carboxylic acids is 1. The molecule has 0 radical (unpaired) electrons. The molecule has 15 heavy (non-hydrogen) atoms. The minimum atomic E-state index is -0.881. The van der Waals surface area contributed by atoms with E-state index in [1.807, 2.05) is 0 Å². The summed E-state index contributed by atoms with van der Waals surface area (Å²) >= 11 is 0. The summed E-state index contributed by atoms with van der Waals surface area (Å²) in [6.07, 6.45) is 5.04. The average molecular weight is 210 g/mol. The molecule has 1 rings (SSSR count).